The third kappa shape index (κ3) is 2.80. The quantitative estimate of drug-likeness (QED) is 0.801. The lowest BCUT2D eigenvalue weighted by Gasteiger charge is -2.31. The van der Waals surface area contributed by atoms with Crippen LogP contribution in [0.5, 0.6) is 0 Å². The van der Waals surface area contributed by atoms with E-state index in [4.69, 9.17) is 4.42 Å². The first kappa shape index (κ1) is 16.2. The molecule has 4 nitrogen and oxygen atoms in total. The van der Waals surface area contributed by atoms with Crippen LogP contribution in [0.3, 0.4) is 0 Å². The van der Waals surface area contributed by atoms with Crippen molar-refractivity contribution in [2.24, 2.45) is 4.99 Å². The monoisotopic (exact) mass is 322 g/mol. The van der Waals surface area contributed by atoms with Crippen molar-refractivity contribution in [1.29, 1.82) is 0 Å². The molecule has 0 spiro atoms. The first-order valence-corrected chi connectivity index (χ1v) is 8.42. The topological polar surface area (TPSA) is 45.8 Å². The highest BCUT2D eigenvalue weighted by Gasteiger charge is 2.28. The number of benzene rings is 1. The van der Waals surface area contributed by atoms with E-state index < -0.39 is 0 Å². The molecule has 0 radical (unpaired) electrons. The van der Waals surface area contributed by atoms with Crippen LogP contribution in [-0.2, 0) is 11.2 Å². The summed E-state index contributed by atoms with van der Waals surface area (Å²) in [7, 11) is 0. The maximum atomic E-state index is 12.4. The maximum Gasteiger partial charge on any atom is 0.248 e. The summed E-state index contributed by atoms with van der Waals surface area (Å²) >= 11 is 0. The molecule has 1 aromatic carbocycles. The van der Waals surface area contributed by atoms with Crippen LogP contribution in [0.25, 0.3) is 5.70 Å². The average molecular weight is 322 g/mol. The Bertz CT molecular complexity index is 801. The first-order valence-electron chi connectivity index (χ1n) is 8.42. The van der Waals surface area contributed by atoms with Gasteiger partial charge in [0.05, 0.1) is 23.9 Å². The molecule has 0 unspecified atom stereocenters. The Morgan fingerprint density at radius 1 is 1.21 bits per heavy atom. The van der Waals surface area contributed by atoms with Crippen molar-refractivity contribution in [2.75, 3.05) is 13.1 Å². The van der Waals surface area contributed by atoms with E-state index in [1.54, 1.807) is 12.5 Å². The van der Waals surface area contributed by atoms with Gasteiger partial charge in [-0.25, -0.2) is 0 Å². The van der Waals surface area contributed by atoms with E-state index in [0.29, 0.717) is 0 Å². The van der Waals surface area contributed by atoms with Crippen LogP contribution in [0.1, 0.15) is 36.1 Å². The Morgan fingerprint density at radius 3 is 2.79 bits per heavy atom. The van der Waals surface area contributed by atoms with Crippen molar-refractivity contribution in [3.8, 4) is 0 Å². The summed E-state index contributed by atoms with van der Waals surface area (Å²) in [6.45, 7) is 7.02. The molecule has 2 aromatic rings. The van der Waals surface area contributed by atoms with Gasteiger partial charge < -0.3 is 9.32 Å². The lowest BCUT2D eigenvalue weighted by Crippen LogP contribution is -2.36. The largest absolute Gasteiger partial charge is 0.472 e. The molecule has 4 heteroatoms. The number of carbonyl (C=O) groups is 1. The van der Waals surface area contributed by atoms with Crippen molar-refractivity contribution in [2.45, 2.75) is 27.2 Å². The molecule has 0 N–H and O–H groups in total. The number of aliphatic imine (C=N–C) groups is 1. The highest BCUT2D eigenvalue weighted by atomic mass is 16.3. The number of fused-ring (bicyclic) bond motifs is 3. The lowest BCUT2D eigenvalue weighted by atomic mass is 9.92. The molecule has 1 aromatic heterocycles. The zero-order valence-electron chi connectivity index (χ0n) is 14.4. The Hall–Kier alpha value is -2.62. The molecule has 0 bridgehead atoms. The van der Waals surface area contributed by atoms with E-state index in [-0.39, 0.29) is 12.5 Å². The van der Waals surface area contributed by atoms with E-state index in [9.17, 15) is 4.79 Å². The highest BCUT2D eigenvalue weighted by molar-refractivity contribution is 6.14. The summed E-state index contributed by atoms with van der Waals surface area (Å²) in [6.07, 6.45) is 6.19. The van der Waals surface area contributed by atoms with Gasteiger partial charge >= 0.3 is 0 Å². The third-order valence-corrected chi connectivity index (χ3v) is 4.34. The number of hydrogen-bond donors (Lipinski definition) is 0. The van der Waals surface area contributed by atoms with Crippen LogP contribution in [-0.4, -0.2) is 29.6 Å². The molecular formula is C20H22N2O2. The second-order valence-electron chi connectivity index (χ2n) is 5.64. The summed E-state index contributed by atoms with van der Waals surface area (Å²) in [5.74, 6) is 0.0527. The van der Waals surface area contributed by atoms with Gasteiger partial charge in [0.2, 0.25) is 5.91 Å². The summed E-state index contributed by atoms with van der Waals surface area (Å²) in [4.78, 5) is 18.7. The molecule has 0 saturated carbocycles. The number of hydrogen-bond acceptors (Lipinski definition) is 3. The van der Waals surface area contributed by atoms with E-state index >= 15 is 0 Å². The number of furan rings is 1. The van der Waals surface area contributed by atoms with Gasteiger partial charge in [-0.05, 0) is 36.6 Å². The molecule has 4 rings (SSSR count). The zero-order chi connectivity index (χ0) is 17.1. The van der Waals surface area contributed by atoms with Crippen molar-refractivity contribution in [3.05, 3.63) is 65.1 Å². The fourth-order valence-corrected chi connectivity index (χ4v) is 3.18. The predicted octanol–water partition coefficient (Wildman–Crippen LogP) is 3.84. The lowest BCUT2D eigenvalue weighted by molar-refractivity contribution is -0.126. The van der Waals surface area contributed by atoms with Crippen molar-refractivity contribution >= 4 is 17.3 Å². The second-order valence-corrected chi connectivity index (χ2v) is 5.64. The second kappa shape index (κ2) is 6.87. The van der Waals surface area contributed by atoms with Gasteiger partial charge in [0.1, 0.15) is 6.54 Å². The molecule has 0 saturated heterocycles. The fourth-order valence-electron chi connectivity index (χ4n) is 3.18. The van der Waals surface area contributed by atoms with Gasteiger partial charge in [-0.1, -0.05) is 32.0 Å². The SMILES string of the molecule is CC.Cc1cccc2c1CCN1C(=O)CN=C(c3ccoc3)C=C21. The first-order chi connectivity index (χ1) is 11.7. The molecular weight excluding hydrogens is 300 g/mol. The minimum atomic E-state index is 0.0527. The van der Waals surface area contributed by atoms with Crippen LogP contribution in [0.15, 0.2) is 52.3 Å². The third-order valence-electron chi connectivity index (χ3n) is 4.34. The normalized spacial score (nSPS) is 16.1. The Balaban J connectivity index is 0.000000815. The number of allylic oxidation sites excluding steroid dienone is 1. The Kier molecular flexibility index (Phi) is 4.65. The summed E-state index contributed by atoms with van der Waals surface area (Å²) in [5, 5.41) is 0. The molecule has 0 atom stereocenters. The van der Waals surface area contributed by atoms with Gasteiger partial charge in [0, 0.05) is 17.7 Å². The van der Waals surface area contributed by atoms with Gasteiger partial charge in [-0.15, -0.1) is 0 Å². The minimum absolute atomic E-state index is 0.0527. The zero-order valence-corrected chi connectivity index (χ0v) is 14.4. The Labute approximate surface area is 142 Å². The number of rotatable bonds is 1. The molecule has 124 valence electrons. The predicted molar refractivity (Wildman–Crippen MR) is 96.0 cm³/mol. The van der Waals surface area contributed by atoms with Crippen molar-refractivity contribution in [3.63, 3.8) is 0 Å². The minimum Gasteiger partial charge on any atom is -0.472 e. The van der Waals surface area contributed by atoms with E-state index in [1.165, 1.54) is 11.1 Å². The van der Waals surface area contributed by atoms with Gasteiger partial charge in [-0.2, -0.15) is 0 Å². The van der Waals surface area contributed by atoms with Crippen LogP contribution in [0, 0.1) is 6.92 Å². The van der Waals surface area contributed by atoms with Gasteiger partial charge in [-0.3, -0.25) is 9.79 Å². The number of nitrogens with zero attached hydrogens (tertiary/aromatic N) is 2. The number of aryl methyl sites for hydroxylation is 1. The van der Waals surface area contributed by atoms with E-state index in [2.05, 4.69) is 24.0 Å². The van der Waals surface area contributed by atoms with Crippen LogP contribution in [0.2, 0.25) is 0 Å². The van der Waals surface area contributed by atoms with Crippen molar-refractivity contribution in [1.82, 2.24) is 4.90 Å². The average Bonchev–Trinajstić information content (AvgIpc) is 3.09. The van der Waals surface area contributed by atoms with E-state index in [0.717, 1.165) is 35.5 Å². The maximum absolute atomic E-state index is 12.4. The Morgan fingerprint density at radius 2 is 2.04 bits per heavy atom. The summed E-state index contributed by atoms with van der Waals surface area (Å²) < 4.78 is 5.15. The standard InChI is InChI=1S/C18H16N2O2.C2H6/c1-12-3-2-4-15-14(12)5-7-20-17(15)9-16(19-10-18(20)21)13-6-8-22-11-13;1-2/h2-4,6,8-9,11H,5,7,10H2,1H3;1-2H3. The van der Waals surface area contributed by atoms with Crippen LogP contribution in [0.4, 0.5) is 0 Å². The number of amides is 1. The molecule has 0 fully saturated rings. The summed E-state index contributed by atoms with van der Waals surface area (Å²) in [5.41, 5.74) is 6.39. The molecule has 2 aliphatic rings. The van der Waals surface area contributed by atoms with Crippen LogP contribution < -0.4 is 0 Å². The highest BCUT2D eigenvalue weighted by Crippen LogP contribution is 2.32. The smallest absolute Gasteiger partial charge is 0.248 e. The molecule has 1 amide bonds. The molecule has 24 heavy (non-hydrogen) atoms. The fraction of sp³-hybridized carbons (Fsp3) is 0.300. The summed E-state index contributed by atoms with van der Waals surface area (Å²) in [6, 6.07) is 8.13. The van der Waals surface area contributed by atoms with Gasteiger partial charge in [0.15, 0.2) is 0 Å². The van der Waals surface area contributed by atoms with E-state index in [1.807, 2.05) is 37.0 Å². The molecule has 2 aliphatic heterocycles. The molecule has 3 heterocycles. The number of carbonyl (C=O) groups excluding carboxylic acids is 1. The van der Waals surface area contributed by atoms with Crippen LogP contribution >= 0.6 is 0 Å². The molecule has 0 aliphatic carbocycles. The van der Waals surface area contributed by atoms with Gasteiger partial charge in [0.25, 0.3) is 0 Å². The van der Waals surface area contributed by atoms with Crippen molar-refractivity contribution < 1.29 is 9.21 Å².